The van der Waals surface area contributed by atoms with Gasteiger partial charge in [0, 0.05) is 119 Å². The molecule has 4 N–H and O–H groups in total. The van der Waals surface area contributed by atoms with E-state index >= 15 is 0 Å². The summed E-state index contributed by atoms with van der Waals surface area (Å²) in [5.41, 5.74) is 23.4. The molecule has 1 saturated heterocycles. The minimum absolute atomic E-state index is 0.196. The quantitative estimate of drug-likeness (QED) is 0.128. The maximum atomic E-state index is 13.4. The van der Waals surface area contributed by atoms with Crippen LogP contribution in [-0.2, 0) is 76.7 Å². The number of para-hydroxylation sites is 4. The van der Waals surface area contributed by atoms with Gasteiger partial charge in [-0.25, -0.2) is 38.7 Å². The summed E-state index contributed by atoms with van der Waals surface area (Å²) < 4.78 is 28.4. The van der Waals surface area contributed by atoms with Crippen LogP contribution < -0.4 is 48.2 Å². The number of aromatic nitrogens is 20. The third-order valence-corrected chi connectivity index (χ3v) is 26.1. The number of aryl methyl sites for hydroxylation is 6. The van der Waals surface area contributed by atoms with Crippen LogP contribution in [0.15, 0.2) is 305 Å². The van der Waals surface area contributed by atoms with E-state index in [-0.39, 0.29) is 72.0 Å². The summed E-state index contributed by atoms with van der Waals surface area (Å²) in [6, 6.07) is 84.0. The van der Waals surface area contributed by atoms with Gasteiger partial charge >= 0.3 is 0 Å². The number of imidazole rings is 4. The van der Waals surface area contributed by atoms with Gasteiger partial charge in [-0.05, 0) is 193 Å². The fraction of sp³-hybridized carbons (Fsp3) is 0.174. The zero-order chi connectivity index (χ0) is 98.3. The lowest BCUT2D eigenvalue weighted by molar-refractivity contribution is 0.0342. The van der Waals surface area contributed by atoms with Gasteiger partial charge < -0.3 is 27.7 Å². The normalized spacial score (nSPS) is 13.9. The zero-order valence-electron chi connectivity index (χ0n) is 78.7. The number of nitrogens with one attached hydrogen (secondary N) is 4. The number of benzene rings is 10. The van der Waals surface area contributed by atoms with Crippen molar-refractivity contribution in [3.05, 3.63) is 405 Å². The maximum Gasteiger partial charge on any atom is 0.267 e. The molecule has 10 aromatic heterocycles. The van der Waals surface area contributed by atoms with Gasteiger partial charge in [-0.1, -0.05) is 115 Å². The SMILES string of the molecule is COc1ccc2c(c1)nc1n2Cc2cccc(c2)-c2ccc(=O)n(n2)Cc2cccc(c2)C(=O)N1.Cc1cc(=O)n2nc1-c1cnn(c1)CCn1c(nc3ccccc31)NC(=O)c1cccc(c1)C2.Cc1nn2c(C)c1-c1ccc(=O)n(n1)Cc1cccc(c1)C(=O)Nc1nc3ccccc3n1CC2.O=C1Nc2nc3cc(CN4CCOCC4)ccc3n2Cc2cccc(c2)-c2ccc(=O)n(n2)Cc2cccc1c2. The second kappa shape index (κ2) is 38.8. The average Bonchev–Trinajstić information content (AvgIpc) is 1.64. The minimum atomic E-state index is -0.284. The first-order valence-corrected chi connectivity index (χ1v) is 47.1. The zero-order valence-corrected chi connectivity index (χ0v) is 78.7. The molecule has 5 aliphatic heterocycles. The summed E-state index contributed by atoms with van der Waals surface area (Å²) in [5, 5.41) is 39.8. The van der Waals surface area contributed by atoms with Gasteiger partial charge in [-0.15, -0.1) is 0 Å². The van der Waals surface area contributed by atoms with E-state index in [4.69, 9.17) is 24.5 Å². The Labute approximate surface area is 820 Å². The van der Waals surface area contributed by atoms with Crippen molar-refractivity contribution >= 4 is 91.6 Å². The monoisotopic (exact) mass is 1910 g/mol. The van der Waals surface area contributed by atoms with Crippen molar-refractivity contribution in [2.24, 2.45) is 0 Å². The fourth-order valence-corrected chi connectivity index (χ4v) is 18.9. The molecule has 144 heavy (non-hydrogen) atoms. The van der Waals surface area contributed by atoms with Crippen molar-refractivity contribution in [1.29, 1.82) is 0 Å². The van der Waals surface area contributed by atoms with Crippen LogP contribution >= 0.6 is 0 Å². The number of methoxy groups -OCH3 is 1. The predicted octanol–water partition coefficient (Wildman–Crippen LogP) is 14.2. The number of nitrogens with zero attached hydrogens (tertiary/aromatic N) is 21. The van der Waals surface area contributed by atoms with Gasteiger partial charge in [0.25, 0.3) is 45.9 Å². The number of hydrogen-bond acceptors (Lipinski definition) is 21. The van der Waals surface area contributed by atoms with Gasteiger partial charge in [0.2, 0.25) is 23.8 Å². The van der Waals surface area contributed by atoms with E-state index in [1.165, 1.54) is 36.4 Å². The standard InChI is InChI=1S/C31H28N6O3.C27H21N5O3.C26H23N7O2.C25H21N7O2/c38-29-10-8-26-24-5-1-3-21(15-24)19-36-28-9-7-23(18-35-11-13-40-14-12-35)17-27(28)32-31(36)33-30(39)25-6-2-4-22(16-25)20-37(29)34-26;1-35-21-8-10-24-23(14-21)28-27-29-26(34)20-7-3-5-18(13-20)16-32-25(33)11-9-22(30-32)19-6-2-4-17(12-19)15-31(24)27;1-16-24-17(2)32(29-16)13-12-31-22-9-4-3-8-20(22)27-26(31)28-25(35)19-7-5-6-18(14-19)15-33-23(34)11-10-21(24)30-33;1-16-11-22(33)32-14-17-5-4-6-18(12-17)24(34)28-25-27-20-7-2-3-8-21(20)31(25)10-9-30-15-19(13-26-30)23(16)29-32/h1-10,15-17H,11-14,18-20H2,(H,32,33,39);2-14H,15-16H2,1H3,(H,28,29,34);3-11,14H,12-13,15H2,1-2H3,(H,27,28,35);2-8,11-13,15H,9-10,14H2,1H3,(H,27,28,34). The van der Waals surface area contributed by atoms with Crippen LogP contribution in [0.4, 0.5) is 23.8 Å². The van der Waals surface area contributed by atoms with Crippen LogP contribution in [0.2, 0.25) is 0 Å². The van der Waals surface area contributed by atoms with Crippen molar-refractivity contribution in [3.63, 3.8) is 0 Å². The highest BCUT2D eigenvalue weighted by atomic mass is 16.5. The second-order valence-corrected chi connectivity index (χ2v) is 35.9. The molecule has 10 aromatic carbocycles. The van der Waals surface area contributed by atoms with E-state index in [1.54, 1.807) is 104 Å². The van der Waals surface area contributed by atoms with Gasteiger partial charge in [0.05, 0.1) is 151 Å². The third-order valence-electron chi connectivity index (χ3n) is 26.1. The summed E-state index contributed by atoms with van der Waals surface area (Å²) in [6.07, 6.45) is 3.69. The molecule has 4 amide bonds. The van der Waals surface area contributed by atoms with Crippen LogP contribution in [-0.4, -0.2) is 159 Å². The summed E-state index contributed by atoms with van der Waals surface area (Å²) in [6.45, 7) is 14.3. The first-order chi connectivity index (χ1) is 70.2. The highest BCUT2D eigenvalue weighted by molar-refractivity contribution is 6.07. The molecule has 35 nitrogen and oxygen atoms in total. The summed E-state index contributed by atoms with van der Waals surface area (Å²) >= 11 is 0. The summed E-state index contributed by atoms with van der Waals surface area (Å²) in [7, 11) is 1.61. The molecule has 0 atom stereocenters. The number of fused-ring (bicyclic) bond motifs is 40. The molecule has 714 valence electrons. The lowest BCUT2D eigenvalue weighted by Crippen LogP contribution is -2.35. The number of rotatable bonds is 3. The second-order valence-electron chi connectivity index (χ2n) is 35.9. The Morgan fingerprint density at radius 3 is 1.24 bits per heavy atom. The van der Waals surface area contributed by atoms with Crippen LogP contribution in [0, 0.1) is 20.8 Å². The van der Waals surface area contributed by atoms with Crippen molar-refractivity contribution in [2.75, 3.05) is 54.7 Å². The van der Waals surface area contributed by atoms with E-state index in [0.29, 0.717) is 114 Å². The van der Waals surface area contributed by atoms with Crippen LogP contribution in [0.3, 0.4) is 0 Å². The van der Waals surface area contributed by atoms with Crippen molar-refractivity contribution < 1.29 is 28.7 Å². The Balaban J connectivity index is 0.000000110. The Kier molecular flexibility index (Phi) is 24.4. The van der Waals surface area contributed by atoms with E-state index < -0.39 is 0 Å². The molecule has 15 heterocycles. The van der Waals surface area contributed by atoms with E-state index in [9.17, 15) is 38.4 Å². The molecule has 0 unspecified atom stereocenters. The number of carbonyl (C=O) groups excluding carboxylic acids is 4. The van der Waals surface area contributed by atoms with Gasteiger partial charge in [0.1, 0.15) is 5.75 Å². The molecule has 0 spiro atoms. The molecule has 24 bridgehead atoms. The molecule has 1 fully saturated rings. The highest BCUT2D eigenvalue weighted by Gasteiger charge is 2.27. The number of ether oxygens (including phenoxy) is 2. The molecule has 25 rings (SSSR count). The van der Waals surface area contributed by atoms with Crippen molar-refractivity contribution in [1.82, 2.24) is 102 Å². The van der Waals surface area contributed by atoms with E-state index in [2.05, 4.69) is 85.9 Å². The largest absolute Gasteiger partial charge is 0.497 e. The number of amides is 4. The fourth-order valence-electron chi connectivity index (χ4n) is 18.9. The minimum Gasteiger partial charge on any atom is -0.497 e. The van der Waals surface area contributed by atoms with E-state index in [1.807, 2.05) is 200 Å². The third kappa shape index (κ3) is 18.9. The van der Waals surface area contributed by atoms with Gasteiger partial charge in [-0.2, -0.15) is 30.6 Å². The molecular formula is C109H93N25O10. The number of carbonyl (C=O) groups is 4. The molecule has 35 heteroatoms. The average molecular weight is 1910 g/mol. The van der Waals surface area contributed by atoms with Crippen molar-refractivity contribution in [3.8, 4) is 50.8 Å². The smallest absolute Gasteiger partial charge is 0.267 e. The first kappa shape index (κ1) is 90.8. The van der Waals surface area contributed by atoms with Crippen molar-refractivity contribution in [2.45, 2.75) is 92.8 Å². The molecule has 20 aromatic rings. The molecule has 5 aliphatic rings. The lowest BCUT2D eigenvalue weighted by Gasteiger charge is -2.26. The Morgan fingerprint density at radius 1 is 0.333 bits per heavy atom. The van der Waals surface area contributed by atoms with Crippen LogP contribution in [0.5, 0.6) is 5.75 Å². The van der Waals surface area contributed by atoms with Gasteiger partial charge in [-0.3, -0.25) is 73.9 Å². The Hall–Kier alpha value is -18.4. The first-order valence-electron chi connectivity index (χ1n) is 47.1. The maximum absolute atomic E-state index is 13.4. The number of anilines is 4. The summed E-state index contributed by atoms with van der Waals surface area (Å²) in [4.78, 5) is 125. The topological polar surface area (TPSA) is 385 Å². The number of morpholine rings is 1. The predicted molar refractivity (Wildman–Crippen MR) is 545 cm³/mol. The molecule has 0 aliphatic carbocycles. The molecule has 0 saturated carbocycles. The van der Waals surface area contributed by atoms with Gasteiger partial charge in [0.15, 0.2) is 0 Å². The lowest BCUT2D eigenvalue weighted by atomic mass is 10.1. The molecule has 0 radical (unpaired) electrons. The van der Waals surface area contributed by atoms with E-state index in [0.717, 1.165) is 150 Å². The summed E-state index contributed by atoms with van der Waals surface area (Å²) in [5.74, 6) is 1.52. The Bertz CT molecular complexity index is 8780. The van der Waals surface area contributed by atoms with Crippen LogP contribution in [0.25, 0.3) is 89.2 Å². The van der Waals surface area contributed by atoms with Crippen LogP contribution in [0.1, 0.15) is 97.3 Å². The Morgan fingerprint density at radius 2 is 0.743 bits per heavy atom. The molecular weight excluding hydrogens is 1820 g/mol. The highest BCUT2D eigenvalue weighted by Crippen LogP contribution is 2.34. The number of hydrogen-bond donors (Lipinski definition) is 4.